The van der Waals surface area contributed by atoms with Crippen LogP contribution in [0.15, 0.2) is 0 Å². The van der Waals surface area contributed by atoms with Crippen molar-refractivity contribution in [3.63, 3.8) is 0 Å². The second kappa shape index (κ2) is 5.17. The highest BCUT2D eigenvalue weighted by Crippen LogP contribution is 2.27. The number of rotatable bonds is 2. The summed E-state index contributed by atoms with van der Waals surface area (Å²) in [5.41, 5.74) is 0. The summed E-state index contributed by atoms with van der Waals surface area (Å²) in [6.45, 7) is 5.31. The van der Waals surface area contributed by atoms with Crippen LogP contribution in [0.5, 0.6) is 0 Å². The Morgan fingerprint density at radius 2 is 2.06 bits per heavy atom. The molecule has 3 heteroatoms. The number of hydrogen-bond acceptors (Lipinski definition) is 3. The summed E-state index contributed by atoms with van der Waals surface area (Å²) in [5.74, 6) is 1.11. The molecule has 0 amide bonds. The molecule has 16 heavy (non-hydrogen) atoms. The first-order valence-corrected chi connectivity index (χ1v) is 6.60. The molecule has 2 fully saturated rings. The molecule has 4 unspecified atom stereocenters. The van der Waals surface area contributed by atoms with E-state index in [1.165, 1.54) is 12.8 Å². The van der Waals surface area contributed by atoms with Gasteiger partial charge in [0.25, 0.3) is 0 Å². The van der Waals surface area contributed by atoms with Crippen molar-refractivity contribution in [1.82, 2.24) is 5.32 Å². The zero-order valence-corrected chi connectivity index (χ0v) is 10.4. The van der Waals surface area contributed by atoms with Gasteiger partial charge in [0.05, 0.1) is 0 Å². The van der Waals surface area contributed by atoms with Crippen molar-refractivity contribution < 1.29 is 9.53 Å². The van der Waals surface area contributed by atoms with Crippen molar-refractivity contribution in [2.75, 3.05) is 6.54 Å². The Balaban J connectivity index is 1.82. The van der Waals surface area contributed by atoms with Crippen molar-refractivity contribution in [2.24, 2.45) is 11.8 Å². The molecule has 1 saturated carbocycles. The van der Waals surface area contributed by atoms with E-state index >= 15 is 0 Å². The maximum atomic E-state index is 11.9. The second-order valence-electron chi connectivity index (χ2n) is 5.53. The highest BCUT2D eigenvalue weighted by molar-refractivity contribution is 5.76. The van der Waals surface area contributed by atoms with E-state index in [0.717, 1.165) is 25.8 Å². The van der Waals surface area contributed by atoms with Gasteiger partial charge in [0.2, 0.25) is 0 Å². The molecule has 1 aliphatic carbocycles. The van der Waals surface area contributed by atoms with Crippen molar-refractivity contribution in [3.05, 3.63) is 0 Å². The summed E-state index contributed by atoms with van der Waals surface area (Å²) < 4.78 is 5.61. The van der Waals surface area contributed by atoms with Crippen LogP contribution in [-0.4, -0.2) is 24.7 Å². The zero-order chi connectivity index (χ0) is 11.5. The predicted octanol–water partition coefficient (Wildman–Crippen LogP) is 2.11. The number of hydrogen-bond donors (Lipinski definition) is 1. The summed E-state index contributed by atoms with van der Waals surface area (Å²) in [6.07, 6.45) is 5.84. The smallest absolute Gasteiger partial charge is 0.323 e. The molecule has 2 rings (SSSR count). The molecule has 1 heterocycles. The molecule has 1 aliphatic heterocycles. The van der Waals surface area contributed by atoms with Crippen molar-refractivity contribution in [1.29, 1.82) is 0 Å². The zero-order valence-electron chi connectivity index (χ0n) is 10.4. The van der Waals surface area contributed by atoms with Crippen LogP contribution < -0.4 is 5.32 Å². The van der Waals surface area contributed by atoms with Gasteiger partial charge in [-0.1, -0.05) is 20.3 Å². The van der Waals surface area contributed by atoms with Crippen LogP contribution in [0.4, 0.5) is 0 Å². The second-order valence-corrected chi connectivity index (χ2v) is 5.53. The predicted molar refractivity (Wildman–Crippen MR) is 63.1 cm³/mol. The van der Waals surface area contributed by atoms with Gasteiger partial charge in [0, 0.05) is 0 Å². The molecule has 1 N–H and O–H groups in total. The van der Waals surface area contributed by atoms with Gasteiger partial charge in [0.1, 0.15) is 12.1 Å². The lowest BCUT2D eigenvalue weighted by Gasteiger charge is -2.28. The summed E-state index contributed by atoms with van der Waals surface area (Å²) in [7, 11) is 0. The first kappa shape index (κ1) is 11.9. The fourth-order valence-electron chi connectivity index (χ4n) is 2.87. The van der Waals surface area contributed by atoms with Crippen molar-refractivity contribution >= 4 is 5.97 Å². The molecule has 0 spiro atoms. The number of carbonyl (C=O) groups excluding carboxylic acids is 1. The number of ether oxygens (including phenoxy) is 1. The lowest BCUT2D eigenvalue weighted by atomic mass is 9.88. The van der Waals surface area contributed by atoms with E-state index < -0.39 is 0 Å². The highest BCUT2D eigenvalue weighted by Gasteiger charge is 2.32. The van der Waals surface area contributed by atoms with Crippen molar-refractivity contribution in [2.45, 2.75) is 58.1 Å². The van der Waals surface area contributed by atoms with E-state index in [1.807, 2.05) is 0 Å². The van der Waals surface area contributed by atoms with Crippen LogP contribution in [0.3, 0.4) is 0 Å². The van der Waals surface area contributed by atoms with Crippen LogP contribution in [-0.2, 0) is 9.53 Å². The third kappa shape index (κ3) is 2.76. The number of nitrogens with one attached hydrogen (secondary N) is 1. The molecule has 3 nitrogen and oxygen atoms in total. The quantitative estimate of drug-likeness (QED) is 0.731. The first-order valence-electron chi connectivity index (χ1n) is 6.60. The Kier molecular flexibility index (Phi) is 3.85. The standard InChI is InChI=1S/C13H23NO2/c1-9-4-3-5-11(8-9)16-13(15)12-10(2)6-7-14-12/h9-12,14H,3-8H2,1-2H3. The van der Waals surface area contributed by atoms with E-state index in [4.69, 9.17) is 4.74 Å². The lowest BCUT2D eigenvalue weighted by Crippen LogP contribution is -2.39. The van der Waals surface area contributed by atoms with Crippen LogP contribution in [0.2, 0.25) is 0 Å². The monoisotopic (exact) mass is 225 g/mol. The molecule has 0 bridgehead atoms. The van der Waals surface area contributed by atoms with Crippen LogP contribution in [0.1, 0.15) is 46.0 Å². The topological polar surface area (TPSA) is 38.3 Å². The van der Waals surface area contributed by atoms with Crippen LogP contribution in [0, 0.1) is 11.8 Å². The molecular formula is C13H23NO2. The summed E-state index contributed by atoms with van der Waals surface area (Å²) in [5, 5.41) is 3.23. The van der Waals surface area contributed by atoms with E-state index in [2.05, 4.69) is 19.2 Å². The SMILES string of the molecule is CC1CCCC(OC(=O)C2NCCC2C)C1. The molecule has 0 aromatic carbocycles. The first-order chi connectivity index (χ1) is 7.66. The van der Waals surface area contributed by atoms with E-state index in [-0.39, 0.29) is 18.1 Å². The fraction of sp³-hybridized carbons (Fsp3) is 0.923. The molecular weight excluding hydrogens is 202 g/mol. The van der Waals surface area contributed by atoms with Crippen molar-refractivity contribution in [3.8, 4) is 0 Å². The van der Waals surface area contributed by atoms with Gasteiger partial charge in [-0.2, -0.15) is 0 Å². The summed E-state index contributed by atoms with van der Waals surface area (Å²) in [4.78, 5) is 11.9. The minimum absolute atomic E-state index is 0.0240. The lowest BCUT2D eigenvalue weighted by molar-refractivity contribution is -0.154. The van der Waals surface area contributed by atoms with Crippen LogP contribution in [0.25, 0.3) is 0 Å². The molecule has 0 radical (unpaired) electrons. The van der Waals surface area contributed by atoms with Gasteiger partial charge in [-0.05, 0) is 44.1 Å². The Labute approximate surface area is 97.9 Å². The summed E-state index contributed by atoms with van der Waals surface area (Å²) in [6, 6.07) is -0.0581. The van der Waals surface area contributed by atoms with Crippen LogP contribution >= 0.6 is 0 Å². The van der Waals surface area contributed by atoms with Gasteiger partial charge in [-0.3, -0.25) is 4.79 Å². The van der Waals surface area contributed by atoms with E-state index in [1.54, 1.807) is 0 Å². The third-order valence-electron chi connectivity index (χ3n) is 3.96. The van der Waals surface area contributed by atoms with Gasteiger partial charge in [-0.15, -0.1) is 0 Å². The average molecular weight is 225 g/mol. The Bertz CT molecular complexity index is 254. The molecule has 4 atom stereocenters. The van der Waals surface area contributed by atoms with Gasteiger partial charge < -0.3 is 10.1 Å². The molecule has 92 valence electrons. The Morgan fingerprint density at radius 1 is 1.25 bits per heavy atom. The van der Waals surface area contributed by atoms with Gasteiger partial charge in [-0.25, -0.2) is 0 Å². The minimum atomic E-state index is -0.0581. The number of esters is 1. The number of carbonyl (C=O) groups is 1. The molecule has 1 saturated heterocycles. The maximum Gasteiger partial charge on any atom is 0.323 e. The Morgan fingerprint density at radius 3 is 2.69 bits per heavy atom. The maximum absolute atomic E-state index is 11.9. The molecule has 2 aliphatic rings. The highest BCUT2D eigenvalue weighted by atomic mass is 16.5. The van der Waals surface area contributed by atoms with Gasteiger partial charge in [0.15, 0.2) is 0 Å². The molecule has 0 aromatic rings. The van der Waals surface area contributed by atoms with Gasteiger partial charge >= 0.3 is 5.97 Å². The normalized spacial score (nSPS) is 39.6. The molecule has 0 aromatic heterocycles. The average Bonchev–Trinajstić information content (AvgIpc) is 2.64. The summed E-state index contributed by atoms with van der Waals surface area (Å²) >= 11 is 0. The fourth-order valence-corrected chi connectivity index (χ4v) is 2.87. The Hall–Kier alpha value is -0.570. The van der Waals surface area contributed by atoms with E-state index in [9.17, 15) is 4.79 Å². The van der Waals surface area contributed by atoms with E-state index in [0.29, 0.717) is 11.8 Å². The minimum Gasteiger partial charge on any atom is -0.461 e. The largest absolute Gasteiger partial charge is 0.461 e. The third-order valence-corrected chi connectivity index (χ3v) is 3.96.